The van der Waals surface area contributed by atoms with E-state index in [1.165, 1.54) is 48.7 Å². The summed E-state index contributed by atoms with van der Waals surface area (Å²) in [5, 5.41) is 10.6. The average Bonchev–Trinajstić information content (AvgIpc) is 2.66. The molecule has 0 amide bonds. The minimum atomic E-state index is 0.172. The van der Waals surface area contributed by atoms with Gasteiger partial charge in [-0.15, -0.1) is 0 Å². The Morgan fingerprint density at radius 1 is 0.462 bits per heavy atom. The van der Waals surface area contributed by atoms with Crippen molar-refractivity contribution in [1.29, 1.82) is 0 Å². The largest absolute Gasteiger partial charge is 0.0616 e. The average molecular weight is 334 g/mol. The first-order chi connectivity index (χ1) is 12.5. The Bertz CT molecular complexity index is 1300. The van der Waals surface area contributed by atoms with Crippen molar-refractivity contribution in [2.45, 2.75) is 26.2 Å². The molecule has 0 spiro atoms. The second kappa shape index (κ2) is 5.32. The van der Waals surface area contributed by atoms with Crippen LogP contribution in [0.15, 0.2) is 78.9 Å². The lowest BCUT2D eigenvalue weighted by atomic mass is 9.85. The Hall–Kier alpha value is -2.86. The summed E-state index contributed by atoms with van der Waals surface area (Å²) in [5.74, 6) is 0. The van der Waals surface area contributed by atoms with Gasteiger partial charge in [0.15, 0.2) is 0 Å². The maximum Gasteiger partial charge on any atom is -0.00987 e. The molecule has 0 saturated heterocycles. The van der Waals surface area contributed by atoms with Crippen LogP contribution < -0.4 is 0 Å². The fraction of sp³-hybridized carbons (Fsp3) is 0.154. The first kappa shape index (κ1) is 15.4. The normalized spacial score (nSPS) is 12.4. The van der Waals surface area contributed by atoms with Gasteiger partial charge in [-0.05, 0) is 54.1 Å². The van der Waals surface area contributed by atoms with E-state index in [2.05, 4.69) is 99.6 Å². The van der Waals surface area contributed by atoms with Gasteiger partial charge in [0.1, 0.15) is 0 Å². The highest BCUT2D eigenvalue weighted by Crippen LogP contribution is 2.35. The molecule has 5 aromatic rings. The van der Waals surface area contributed by atoms with Gasteiger partial charge in [0.2, 0.25) is 0 Å². The summed E-state index contributed by atoms with van der Waals surface area (Å²) >= 11 is 0. The molecule has 0 aliphatic carbocycles. The molecule has 0 heteroatoms. The summed E-state index contributed by atoms with van der Waals surface area (Å²) in [6.07, 6.45) is 0. The van der Waals surface area contributed by atoms with Crippen LogP contribution in [0.1, 0.15) is 26.3 Å². The maximum absolute atomic E-state index is 2.35. The molecule has 0 fully saturated rings. The Labute approximate surface area is 154 Å². The molecule has 0 heterocycles. The first-order valence-corrected chi connectivity index (χ1v) is 9.30. The molecule has 5 rings (SSSR count). The maximum atomic E-state index is 2.35. The predicted molar refractivity (Wildman–Crippen MR) is 115 cm³/mol. The zero-order valence-corrected chi connectivity index (χ0v) is 15.5. The first-order valence-electron chi connectivity index (χ1n) is 9.30. The van der Waals surface area contributed by atoms with Gasteiger partial charge >= 0.3 is 0 Å². The van der Waals surface area contributed by atoms with Gasteiger partial charge in [0.05, 0.1) is 0 Å². The van der Waals surface area contributed by atoms with Crippen LogP contribution >= 0.6 is 0 Å². The molecule has 26 heavy (non-hydrogen) atoms. The summed E-state index contributed by atoms with van der Waals surface area (Å²) in [4.78, 5) is 0. The second-order valence-electron chi connectivity index (χ2n) is 8.29. The fourth-order valence-corrected chi connectivity index (χ4v) is 4.11. The van der Waals surface area contributed by atoms with Gasteiger partial charge in [-0.3, -0.25) is 0 Å². The highest BCUT2D eigenvalue weighted by Gasteiger charge is 2.14. The smallest absolute Gasteiger partial charge is 0.00987 e. The van der Waals surface area contributed by atoms with E-state index in [1.54, 1.807) is 0 Å². The molecule has 5 aromatic carbocycles. The van der Waals surface area contributed by atoms with Crippen molar-refractivity contribution in [3.05, 3.63) is 84.4 Å². The molecule has 0 nitrogen and oxygen atoms in total. The van der Waals surface area contributed by atoms with Gasteiger partial charge in [0, 0.05) is 0 Å². The van der Waals surface area contributed by atoms with Crippen molar-refractivity contribution in [3.8, 4) is 0 Å². The van der Waals surface area contributed by atoms with Crippen LogP contribution in [-0.2, 0) is 5.41 Å². The Balaban J connectivity index is 1.87. The SMILES string of the molecule is CC(C)(C)c1ccc2c(ccc3c2ccc2c4ccccc4ccc23)c1. The van der Waals surface area contributed by atoms with Crippen LogP contribution in [0.25, 0.3) is 43.1 Å². The Kier molecular flexibility index (Phi) is 3.15. The summed E-state index contributed by atoms with van der Waals surface area (Å²) in [6.45, 7) is 6.81. The minimum Gasteiger partial charge on any atom is -0.0616 e. The van der Waals surface area contributed by atoms with E-state index in [0.717, 1.165) is 0 Å². The minimum absolute atomic E-state index is 0.172. The van der Waals surface area contributed by atoms with E-state index in [9.17, 15) is 0 Å². The molecule has 0 aliphatic heterocycles. The lowest BCUT2D eigenvalue weighted by Gasteiger charge is -2.20. The van der Waals surface area contributed by atoms with E-state index in [0.29, 0.717) is 0 Å². The molecule has 0 N–H and O–H groups in total. The molecule has 0 aliphatic rings. The zero-order valence-electron chi connectivity index (χ0n) is 15.5. The van der Waals surface area contributed by atoms with Crippen molar-refractivity contribution in [2.24, 2.45) is 0 Å². The molecule has 0 aromatic heterocycles. The van der Waals surface area contributed by atoms with Crippen molar-refractivity contribution >= 4 is 43.1 Å². The third-order valence-corrected chi connectivity index (χ3v) is 5.61. The quantitative estimate of drug-likeness (QED) is 0.256. The van der Waals surface area contributed by atoms with Gasteiger partial charge in [0.25, 0.3) is 0 Å². The van der Waals surface area contributed by atoms with Crippen LogP contribution in [-0.4, -0.2) is 0 Å². The Morgan fingerprint density at radius 3 is 1.65 bits per heavy atom. The third kappa shape index (κ3) is 2.22. The highest BCUT2D eigenvalue weighted by atomic mass is 14.2. The van der Waals surface area contributed by atoms with E-state index in [4.69, 9.17) is 0 Å². The van der Waals surface area contributed by atoms with Gasteiger partial charge in [-0.2, -0.15) is 0 Å². The van der Waals surface area contributed by atoms with Gasteiger partial charge in [-0.25, -0.2) is 0 Å². The van der Waals surface area contributed by atoms with E-state index >= 15 is 0 Å². The van der Waals surface area contributed by atoms with Gasteiger partial charge in [-0.1, -0.05) is 99.6 Å². The Morgan fingerprint density at radius 2 is 0.962 bits per heavy atom. The number of rotatable bonds is 0. The molecule has 126 valence electrons. The highest BCUT2D eigenvalue weighted by molar-refractivity contribution is 6.22. The van der Waals surface area contributed by atoms with E-state index < -0.39 is 0 Å². The number of benzene rings is 5. The monoisotopic (exact) mass is 334 g/mol. The second-order valence-corrected chi connectivity index (χ2v) is 8.29. The van der Waals surface area contributed by atoms with E-state index in [1.807, 2.05) is 0 Å². The molecule has 0 saturated carbocycles. The number of fused-ring (bicyclic) bond motifs is 7. The molecule has 0 unspecified atom stereocenters. The van der Waals surface area contributed by atoms with Crippen molar-refractivity contribution in [1.82, 2.24) is 0 Å². The van der Waals surface area contributed by atoms with Crippen molar-refractivity contribution < 1.29 is 0 Å². The van der Waals surface area contributed by atoms with Crippen LogP contribution in [0.2, 0.25) is 0 Å². The number of hydrogen-bond donors (Lipinski definition) is 0. The molecular weight excluding hydrogens is 312 g/mol. The van der Waals surface area contributed by atoms with Crippen LogP contribution in [0, 0.1) is 0 Å². The summed E-state index contributed by atoms with van der Waals surface area (Å²) < 4.78 is 0. The predicted octanol–water partition coefficient (Wildman–Crippen LogP) is 7.60. The summed E-state index contributed by atoms with van der Waals surface area (Å²) in [5.41, 5.74) is 1.56. The number of hydrogen-bond acceptors (Lipinski definition) is 0. The molecular formula is C26H22. The van der Waals surface area contributed by atoms with Crippen LogP contribution in [0.3, 0.4) is 0 Å². The lowest BCUT2D eigenvalue weighted by Crippen LogP contribution is -2.10. The van der Waals surface area contributed by atoms with Crippen LogP contribution in [0.4, 0.5) is 0 Å². The standard InChI is InChI=1S/C26H22/c1-26(2,3)19-10-13-21-18(16-19)9-12-25-23(21)15-14-22-20-7-5-4-6-17(20)8-11-24(22)25/h4-16H,1-3H3. The topological polar surface area (TPSA) is 0 Å². The lowest BCUT2D eigenvalue weighted by molar-refractivity contribution is 0.591. The molecule has 0 radical (unpaired) electrons. The third-order valence-electron chi connectivity index (χ3n) is 5.61. The summed E-state index contributed by atoms with van der Waals surface area (Å²) in [7, 11) is 0. The van der Waals surface area contributed by atoms with Crippen LogP contribution in [0.5, 0.6) is 0 Å². The fourth-order valence-electron chi connectivity index (χ4n) is 4.11. The van der Waals surface area contributed by atoms with Gasteiger partial charge < -0.3 is 0 Å². The van der Waals surface area contributed by atoms with Crippen molar-refractivity contribution in [2.75, 3.05) is 0 Å². The molecule has 0 atom stereocenters. The zero-order chi connectivity index (χ0) is 17.9. The van der Waals surface area contributed by atoms with Crippen molar-refractivity contribution in [3.63, 3.8) is 0 Å². The summed E-state index contributed by atoms with van der Waals surface area (Å²) in [6, 6.07) is 29.2. The van der Waals surface area contributed by atoms with E-state index in [-0.39, 0.29) is 5.41 Å². The molecule has 0 bridgehead atoms.